The Labute approximate surface area is 158 Å². The van der Waals surface area contributed by atoms with Crippen molar-refractivity contribution in [2.45, 2.75) is 10.9 Å². The molecule has 0 aliphatic rings. The fourth-order valence-electron chi connectivity index (χ4n) is 2.60. The van der Waals surface area contributed by atoms with E-state index in [1.807, 2.05) is 85.1 Å². The highest BCUT2D eigenvalue weighted by molar-refractivity contribution is 7.98. The summed E-state index contributed by atoms with van der Waals surface area (Å²) in [5.74, 6) is -0.154. The molecule has 1 atom stereocenters. The molecule has 3 aromatic rings. The van der Waals surface area contributed by atoms with Crippen molar-refractivity contribution in [3.8, 4) is 0 Å². The Bertz CT molecular complexity index is 822. The molecule has 1 heterocycles. The molecule has 1 amide bonds. The summed E-state index contributed by atoms with van der Waals surface area (Å²) in [5.41, 5.74) is 2.80. The van der Waals surface area contributed by atoms with Crippen molar-refractivity contribution in [3.63, 3.8) is 0 Å². The molecule has 0 aliphatic carbocycles. The number of hydrogen-bond donors (Lipinski definition) is 1. The highest BCUT2D eigenvalue weighted by Crippen LogP contribution is 2.20. The van der Waals surface area contributed by atoms with Gasteiger partial charge in [0.2, 0.25) is 5.91 Å². The summed E-state index contributed by atoms with van der Waals surface area (Å²) in [6, 6.07) is 23.4. The molecule has 0 bridgehead atoms. The number of carbonyl (C=O) groups excluding carboxylic acids is 1. The van der Waals surface area contributed by atoms with Crippen LogP contribution in [0.2, 0.25) is 0 Å². The van der Waals surface area contributed by atoms with Gasteiger partial charge < -0.3 is 5.32 Å². The third-order valence-electron chi connectivity index (χ3n) is 3.95. The van der Waals surface area contributed by atoms with Gasteiger partial charge in [-0.05, 0) is 47.7 Å². The number of nitrogens with zero attached hydrogens (tertiary/aromatic N) is 1. The Balaban J connectivity index is 1.76. The first kappa shape index (κ1) is 18.0. The van der Waals surface area contributed by atoms with Gasteiger partial charge in [0.05, 0.1) is 11.7 Å². The summed E-state index contributed by atoms with van der Waals surface area (Å²) in [7, 11) is 0. The number of nitrogens with one attached hydrogen (secondary N) is 1. The minimum atomic E-state index is -0.284. The van der Waals surface area contributed by atoms with E-state index >= 15 is 0 Å². The minimum absolute atomic E-state index is 0.154. The van der Waals surface area contributed by atoms with E-state index in [2.05, 4.69) is 10.3 Å². The van der Waals surface area contributed by atoms with E-state index in [0.29, 0.717) is 0 Å². The zero-order valence-electron chi connectivity index (χ0n) is 14.5. The average molecular weight is 360 g/mol. The number of aromatic nitrogens is 1. The summed E-state index contributed by atoms with van der Waals surface area (Å²) in [6.07, 6.45) is 7.16. The number of thioether (sulfide) groups is 1. The van der Waals surface area contributed by atoms with Gasteiger partial charge in [-0.1, -0.05) is 48.5 Å². The maximum Gasteiger partial charge on any atom is 0.244 e. The molecule has 3 rings (SSSR count). The fourth-order valence-corrected chi connectivity index (χ4v) is 3.01. The zero-order chi connectivity index (χ0) is 18.2. The summed E-state index contributed by atoms with van der Waals surface area (Å²) >= 11 is 1.70. The molecule has 130 valence electrons. The van der Waals surface area contributed by atoms with Crippen LogP contribution in [0.1, 0.15) is 22.9 Å². The monoisotopic (exact) mass is 360 g/mol. The second-order valence-corrected chi connectivity index (χ2v) is 6.59. The van der Waals surface area contributed by atoms with Crippen molar-refractivity contribution in [2.75, 3.05) is 6.26 Å². The number of benzene rings is 2. The zero-order valence-corrected chi connectivity index (χ0v) is 15.3. The van der Waals surface area contributed by atoms with Crippen molar-refractivity contribution < 1.29 is 4.79 Å². The Morgan fingerprint density at radius 2 is 1.73 bits per heavy atom. The molecule has 4 heteroatoms. The normalized spacial score (nSPS) is 12.0. The van der Waals surface area contributed by atoms with Crippen LogP contribution in [0.3, 0.4) is 0 Å². The van der Waals surface area contributed by atoms with Crippen LogP contribution in [0.25, 0.3) is 6.08 Å². The molecule has 0 fully saturated rings. The average Bonchev–Trinajstić information content (AvgIpc) is 2.72. The molecule has 0 spiro atoms. The highest BCUT2D eigenvalue weighted by Gasteiger charge is 2.16. The molecule has 0 radical (unpaired) electrons. The second-order valence-electron chi connectivity index (χ2n) is 5.71. The van der Waals surface area contributed by atoms with Gasteiger partial charge in [0.25, 0.3) is 0 Å². The molecule has 0 saturated carbocycles. The SMILES string of the molecule is CSc1ccc(/C=C/C(=O)NC(c2ccccc2)c2ccccn2)cc1. The number of amides is 1. The lowest BCUT2D eigenvalue weighted by atomic mass is 10.0. The van der Waals surface area contributed by atoms with Gasteiger partial charge in [0.15, 0.2) is 0 Å². The van der Waals surface area contributed by atoms with Gasteiger partial charge in [0.1, 0.15) is 0 Å². The molecule has 1 unspecified atom stereocenters. The highest BCUT2D eigenvalue weighted by atomic mass is 32.2. The molecule has 26 heavy (non-hydrogen) atoms. The Morgan fingerprint density at radius 1 is 1.00 bits per heavy atom. The van der Waals surface area contributed by atoms with Crippen LogP contribution >= 0.6 is 11.8 Å². The lowest BCUT2D eigenvalue weighted by Gasteiger charge is -2.17. The first-order chi connectivity index (χ1) is 12.8. The van der Waals surface area contributed by atoms with Gasteiger partial charge in [-0.15, -0.1) is 11.8 Å². The van der Waals surface area contributed by atoms with Crippen LogP contribution in [0, 0.1) is 0 Å². The summed E-state index contributed by atoms with van der Waals surface area (Å²) in [6.45, 7) is 0. The van der Waals surface area contributed by atoms with E-state index in [1.165, 1.54) is 4.90 Å². The maximum absolute atomic E-state index is 12.5. The van der Waals surface area contributed by atoms with Crippen LogP contribution in [-0.2, 0) is 4.79 Å². The van der Waals surface area contributed by atoms with Crippen LogP contribution in [0.4, 0.5) is 0 Å². The molecular formula is C22H20N2OS. The van der Waals surface area contributed by atoms with Crippen LogP contribution in [-0.4, -0.2) is 17.1 Å². The standard InChI is InChI=1S/C22H20N2OS/c1-26-19-13-10-17(11-14-19)12-15-21(25)24-22(18-7-3-2-4-8-18)20-9-5-6-16-23-20/h2-16,22H,1H3,(H,24,25)/b15-12+. The van der Waals surface area contributed by atoms with Crippen molar-refractivity contribution in [3.05, 3.63) is 102 Å². The number of pyridine rings is 1. The second kappa shape index (κ2) is 9.02. The van der Waals surface area contributed by atoms with Crippen molar-refractivity contribution in [2.24, 2.45) is 0 Å². The quantitative estimate of drug-likeness (QED) is 0.511. The van der Waals surface area contributed by atoms with Gasteiger partial charge in [-0.2, -0.15) is 0 Å². The largest absolute Gasteiger partial charge is 0.340 e. The Morgan fingerprint density at radius 3 is 2.38 bits per heavy atom. The predicted molar refractivity (Wildman–Crippen MR) is 108 cm³/mol. The van der Waals surface area contributed by atoms with Crippen molar-refractivity contribution >= 4 is 23.7 Å². The molecule has 2 aromatic carbocycles. The molecule has 1 aromatic heterocycles. The van der Waals surface area contributed by atoms with Crippen molar-refractivity contribution in [1.29, 1.82) is 0 Å². The summed E-state index contributed by atoms with van der Waals surface area (Å²) < 4.78 is 0. The van der Waals surface area contributed by atoms with Crippen molar-refractivity contribution in [1.82, 2.24) is 10.3 Å². The molecule has 3 nitrogen and oxygen atoms in total. The third-order valence-corrected chi connectivity index (χ3v) is 4.69. The van der Waals surface area contributed by atoms with E-state index in [-0.39, 0.29) is 11.9 Å². The van der Waals surface area contributed by atoms with Gasteiger partial charge in [-0.3, -0.25) is 9.78 Å². The third kappa shape index (κ3) is 4.83. The van der Waals surface area contributed by atoms with Crippen LogP contribution < -0.4 is 5.32 Å². The van der Waals surface area contributed by atoms with Crippen LogP contribution in [0.15, 0.2) is 90.0 Å². The van der Waals surface area contributed by atoms with E-state index in [9.17, 15) is 4.79 Å². The first-order valence-corrected chi connectivity index (χ1v) is 9.57. The van der Waals surface area contributed by atoms with E-state index in [1.54, 1.807) is 24.0 Å². The number of rotatable bonds is 6. The van der Waals surface area contributed by atoms with Gasteiger partial charge in [0, 0.05) is 17.2 Å². The number of hydrogen-bond acceptors (Lipinski definition) is 3. The van der Waals surface area contributed by atoms with E-state index in [0.717, 1.165) is 16.8 Å². The molecule has 1 N–H and O–H groups in total. The van der Waals surface area contributed by atoms with Gasteiger partial charge >= 0.3 is 0 Å². The number of carbonyl (C=O) groups is 1. The molecular weight excluding hydrogens is 340 g/mol. The fraction of sp³-hybridized carbons (Fsp3) is 0.0909. The summed E-state index contributed by atoms with van der Waals surface area (Å²) in [5, 5.41) is 3.05. The van der Waals surface area contributed by atoms with E-state index < -0.39 is 0 Å². The topological polar surface area (TPSA) is 42.0 Å². The lowest BCUT2D eigenvalue weighted by molar-refractivity contribution is -0.116. The smallest absolute Gasteiger partial charge is 0.244 e. The molecule has 0 saturated heterocycles. The summed E-state index contributed by atoms with van der Waals surface area (Å²) in [4.78, 5) is 18.1. The van der Waals surface area contributed by atoms with Gasteiger partial charge in [-0.25, -0.2) is 0 Å². The first-order valence-electron chi connectivity index (χ1n) is 8.35. The molecule has 0 aliphatic heterocycles. The minimum Gasteiger partial charge on any atom is -0.340 e. The maximum atomic E-state index is 12.5. The lowest BCUT2D eigenvalue weighted by Crippen LogP contribution is -2.28. The van der Waals surface area contributed by atoms with E-state index in [4.69, 9.17) is 0 Å². The predicted octanol–water partition coefficient (Wildman–Crippen LogP) is 4.72. The Kier molecular flexibility index (Phi) is 6.23. The Hall–Kier alpha value is -2.85. The van der Waals surface area contributed by atoms with Crippen LogP contribution in [0.5, 0.6) is 0 Å².